The quantitative estimate of drug-likeness (QED) is 0.705. The molecule has 1 spiro atoms. The summed E-state index contributed by atoms with van der Waals surface area (Å²) in [6, 6.07) is 2.08. The number of amides is 4. The van der Waals surface area contributed by atoms with E-state index in [2.05, 4.69) is 10.2 Å². The van der Waals surface area contributed by atoms with Crippen LogP contribution in [0.2, 0.25) is 0 Å². The Balaban J connectivity index is 1.37. The average molecular weight is 444 g/mol. The van der Waals surface area contributed by atoms with E-state index < -0.39 is 11.6 Å². The van der Waals surface area contributed by atoms with Crippen molar-refractivity contribution < 1.29 is 14.4 Å². The van der Waals surface area contributed by atoms with Gasteiger partial charge in [0.1, 0.15) is 12.1 Å². The zero-order valence-corrected chi connectivity index (χ0v) is 19.1. The molecule has 1 N–H and O–H groups in total. The molecule has 0 aromatic carbocycles. The lowest BCUT2D eigenvalue weighted by atomic mass is 9.80. The molecular formula is C24H33N3O3S. The number of urea groups is 1. The second-order valence-electron chi connectivity index (χ2n) is 9.72. The van der Waals surface area contributed by atoms with Crippen molar-refractivity contribution in [2.45, 2.75) is 101 Å². The maximum Gasteiger partial charge on any atom is 0.325 e. The third-order valence-electron chi connectivity index (χ3n) is 7.85. The van der Waals surface area contributed by atoms with Crippen molar-refractivity contribution in [3.05, 3.63) is 21.9 Å². The van der Waals surface area contributed by atoms with Crippen molar-refractivity contribution in [2.75, 3.05) is 6.54 Å². The first kappa shape index (κ1) is 21.0. The molecule has 3 aliphatic carbocycles. The molecule has 2 saturated carbocycles. The average Bonchev–Trinajstić information content (AvgIpc) is 3.36. The molecule has 2 heterocycles. The van der Waals surface area contributed by atoms with Crippen molar-refractivity contribution in [1.82, 2.24) is 15.1 Å². The van der Waals surface area contributed by atoms with Crippen LogP contribution in [0.5, 0.6) is 0 Å². The number of thiophene rings is 1. The maximum absolute atomic E-state index is 13.6. The molecule has 5 rings (SSSR count). The largest absolute Gasteiger partial charge is 0.335 e. The highest BCUT2D eigenvalue weighted by molar-refractivity contribution is 7.10. The van der Waals surface area contributed by atoms with Gasteiger partial charge < -0.3 is 10.2 Å². The van der Waals surface area contributed by atoms with E-state index in [0.717, 1.165) is 69.8 Å². The molecule has 3 fully saturated rings. The zero-order valence-electron chi connectivity index (χ0n) is 18.2. The fourth-order valence-electron chi connectivity index (χ4n) is 6.33. The smallest absolute Gasteiger partial charge is 0.325 e. The van der Waals surface area contributed by atoms with Crippen LogP contribution in [-0.2, 0) is 21.5 Å². The first-order valence-corrected chi connectivity index (χ1v) is 13.0. The van der Waals surface area contributed by atoms with E-state index in [-0.39, 0.29) is 30.4 Å². The van der Waals surface area contributed by atoms with E-state index in [1.165, 1.54) is 22.6 Å². The fourth-order valence-corrected chi connectivity index (χ4v) is 7.33. The van der Waals surface area contributed by atoms with Gasteiger partial charge >= 0.3 is 6.03 Å². The van der Waals surface area contributed by atoms with Gasteiger partial charge in [-0.25, -0.2) is 4.79 Å². The molecule has 1 atom stereocenters. The number of rotatable bonds is 4. The van der Waals surface area contributed by atoms with Crippen molar-refractivity contribution in [2.24, 2.45) is 0 Å². The summed E-state index contributed by atoms with van der Waals surface area (Å²) in [7, 11) is 0. The van der Waals surface area contributed by atoms with Crippen LogP contribution < -0.4 is 5.32 Å². The topological polar surface area (TPSA) is 69.7 Å². The Kier molecular flexibility index (Phi) is 5.80. The number of aryl methyl sites for hydroxylation is 1. The number of nitrogens with one attached hydrogen (secondary N) is 1. The second kappa shape index (κ2) is 8.57. The van der Waals surface area contributed by atoms with Crippen molar-refractivity contribution in [3.8, 4) is 0 Å². The zero-order chi connectivity index (χ0) is 21.4. The van der Waals surface area contributed by atoms with Gasteiger partial charge in [-0.05, 0) is 56.4 Å². The van der Waals surface area contributed by atoms with Crippen LogP contribution >= 0.6 is 11.3 Å². The first-order valence-electron chi connectivity index (χ1n) is 12.1. The standard InChI is InChI=1S/C24H33N3O3S/c28-21(27(17-8-3-1-4-9-17)18-10-5-2-6-11-18)16-26-22(29)24(25-23(26)30)14-7-12-20-19(24)13-15-31-20/h13,15,17-18H,1-12,14,16H2,(H,25,30). The lowest BCUT2D eigenvalue weighted by molar-refractivity contribution is -0.143. The van der Waals surface area contributed by atoms with Crippen molar-refractivity contribution >= 4 is 29.2 Å². The van der Waals surface area contributed by atoms with Crippen LogP contribution in [0, 0.1) is 0 Å². The van der Waals surface area contributed by atoms with Gasteiger partial charge in [0.05, 0.1) is 0 Å². The maximum atomic E-state index is 13.6. The molecular weight excluding hydrogens is 410 g/mol. The Labute approximate surface area is 188 Å². The third kappa shape index (κ3) is 3.69. The molecule has 1 saturated heterocycles. The molecule has 0 bridgehead atoms. The Hall–Kier alpha value is -1.89. The molecule has 1 aromatic heterocycles. The predicted octanol–water partition coefficient (Wildman–Crippen LogP) is 4.33. The van der Waals surface area contributed by atoms with Crippen LogP contribution in [-0.4, -0.2) is 46.3 Å². The van der Waals surface area contributed by atoms with Gasteiger partial charge in [0.25, 0.3) is 5.91 Å². The number of hydrogen-bond acceptors (Lipinski definition) is 4. The van der Waals surface area contributed by atoms with Crippen LogP contribution in [0.15, 0.2) is 11.4 Å². The predicted molar refractivity (Wildman–Crippen MR) is 120 cm³/mol. The molecule has 1 aromatic rings. The lowest BCUT2D eigenvalue weighted by Gasteiger charge is -2.42. The summed E-state index contributed by atoms with van der Waals surface area (Å²) in [4.78, 5) is 44.6. The van der Waals surface area contributed by atoms with Gasteiger partial charge in [-0.1, -0.05) is 38.5 Å². The molecule has 168 valence electrons. The molecule has 6 nitrogen and oxygen atoms in total. The summed E-state index contributed by atoms with van der Waals surface area (Å²) < 4.78 is 0. The Morgan fingerprint density at radius 1 is 1.03 bits per heavy atom. The van der Waals surface area contributed by atoms with Crippen molar-refractivity contribution in [3.63, 3.8) is 0 Å². The van der Waals surface area contributed by atoms with E-state index in [9.17, 15) is 14.4 Å². The highest BCUT2D eigenvalue weighted by Gasteiger charge is 2.55. The normalized spacial score (nSPS) is 27.4. The summed E-state index contributed by atoms with van der Waals surface area (Å²) in [5.41, 5.74) is -0.0284. The van der Waals surface area contributed by atoms with Crippen LogP contribution in [0.3, 0.4) is 0 Å². The van der Waals surface area contributed by atoms with Gasteiger partial charge in [0.2, 0.25) is 5.91 Å². The van der Waals surface area contributed by atoms with Gasteiger partial charge in [0.15, 0.2) is 0 Å². The molecule has 31 heavy (non-hydrogen) atoms. The molecule has 4 amide bonds. The van der Waals surface area contributed by atoms with E-state index in [0.29, 0.717) is 6.42 Å². The van der Waals surface area contributed by atoms with E-state index in [4.69, 9.17) is 0 Å². The van der Waals surface area contributed by atoms with E-state index >= 15 is 0 Å². The monoisotopic (exact) mass is 443 g/mol. The van der Waals surface area contributed by atoms with Crippen LogP contribution in [0.1, 0.15) is 87.5 Å². The summed E-state index contributed by atoms with van der Waals surface area (Å²) in [6.07, 6.45) is 13.7. The number of imide groups is 1. The van der Waals surface area contributed by atoms with E-state index in [1.807, 2.05) is 11.4 Å². The molecule has 1 unspecified atom stereocenters. The minimum atomic E-state index is -0.967. The molecule has 7 heteroatoms. The van der Waals surface area contributed by atoms with Gasteiger partial charge in [-0.3, -0.25) is 14.5 Å². The van der Waals surface area contributed by atoms with E-state index in [1.54, 1.807) is 11.3 Å². The third-order valence-corrected chi connectivity index (χ3v) is 8.83. The van der Waals surface area contributed by atoms with Crippen LogP contribution in [0.25, 0.3) is 0 Å². The van der Waals surface area contributed by atoms with Gasteiger partial charge in [0, 0.05) is 22.5 Å². The highest BCUT2D eigenvalue weighted by Crippen LogP contribution is 2.42. The molecule has 1 aliphatic heterocycles. The van der Waals surface area contributed by atoms with Crippen LogP contribution in [0.4, 0.5) is 4.79 Å². The number of carbonyl (C=O) groups excluding carboxylic acids is 3. The number of nitrogens with zero attached hydrogens (tertiary/aromatic N) is 2. The van der Waals surface area contributed by atoms with Gasteiger partial charge in [-0.2, -0.15) is 0 Å². The minimum Gasteiger partial charge on any atom is -0.335 e. The Morgan fingerprint density at radius 3 is 2.32 bits per heavy atom. The highest BCUT2D eigenvalue weighted by atomic mass is 32.1. The summed E-state index contributed by atoms with van der Waals surface area (Å²) >= 11 is 1.65. The van der Waals surface area contributed by atoms with Gasteiger partial charge in [-0.15, -0.1) is 11.3 Å². The first-order chi connectivity index (χ1) is 15.1. The van der Waals surface area contributed by atoms with Crippen molar-refractivity contribution in [1.29, 1.82) is 0 Å². The molecule has 4 aliphatic rings. The Morgan fingerprint density at radius 2 is 1.68 bits per heavy atom. The number of hydrogen-bond donors (Lipinski definition) is 1. The minimum absolute atomic E-state index is 0.0410. The number of fused-ring (bicyclic) bond motifs is 2. The molecule has 0 radical (unpaired) electrons. The Bertz CT molecular complexity index is 838. The summed E-state index contributed by atoms with van der Waals surface area (Å²) in [5.74, 6) is -0.280. The fraction of sp³-hybridized carbons (Fsp3) is 0.708. The SMILES string of the molecule is O=C1NC2(CCCc3sccc32)C(=O)N1CC(=O)N(C1CCCCC1)C1CCCCC1. The number of carbonyl (C=O) groups is 3. The lowest BCUT2D eigenvalue weighted by Crippen LogP contribution is -2.53. The summed E-state index contributed by atoms with van der Waals surface area (Å²) in [5, 5.41) is 4.99. The summed E-state index contributed by atoms with van der Waals surface area (Å²) in [6.45, 7) is -0.126. The second-order valence-corrected chi connectivity index (χ2v) is 10.7.